The summed E-state index contributed by atoms with van der Waals surface area (Å²) in [4.78, 5) is 31.0. The van der Waals surface area contributed by atoms with E-state index in [2.05, 4.69) is 79.4 Å². The van der Waals surface area contributed by atoms with Crippen molar-refractivity contribution in [2.75, 3.05) is 13.2 Å². The average Bonchev–Trinajstić information content (AvgIpc) is 1.67. The number of phenolic OH excluding ortho intramolecular Hbond substituents is 2. The molecule has 5 aliphatic heterocycles. The number of carbonyl (C=O) groups is 1. The number of aliphatic hydroxyl groups excluding tert-OH is 4. The molecule has 8 bridgehead atoms. The summed E-state index contributed by atoms with van der Waals surface area (Å²) < 4.78 is 21.9. The molecule has 2 fully saturated rings. The first-order valence-electron chi connectivity index (χ1n) is 32.7. The summed E-state index contributed by atoms with van der Waals surface area (Å²) in [6, 6.07) is 12.8. The standard InChI is InChI=1S/C73H84N4O12/c1-6-54(73(86)29-52-44-18-20-72(30-56(44)73)28-37(23-40(81)22-34(2)3)64(83)49-9-7-8-46(52)63(49)72)70(85)88-58-27-51-65(84)61-57(82)26-41(32-78)87-67(61)62-59-48-19-21-75-68(74)60(48)45(15-12-36-11-13-39(80)25-50(36)53(59)33-79)43-17-16-42-38(24-55(43)71(58,5)89-66(51)62)31-76-69-47(42)14-10-35(4)77-69/h6-11,13-14,18-20,25-26,31,34-35,37,40,43-45,52-53,55-56,58-59,64,69,75-81,83-84,86H,12,15-17,21-24,27-30,32-33,74H2,1-5H3. The maximum atomic E-state index is 16.2. The number of benzene rings is 3. The van der Waals surface area contributed by atoms with E-state index >= 15 is 4.79 Å². The number of aromatic hydroxyl groups is 2. The van der Waals surface area contributed by atoms with E-state index in [9.17, 15) is 40.5 Å². The summed E-state index contributed by atoms with van der Waals surface area (Å²) in [5, 5.41) is 95.4. The molecule has 1 spiro atoms. The fourth-order valence-corrected chi connectivity index (χ4v) is 19.9. The Morgan fingerprint density at radius 2 is 1.81 bits per heavy atom. The molecule has 16 nitrogen and oxygen atoms in total. The summed E-state index contributed by atoms with van der Waals surface area (Å²) in [5.74, 6) is -3.96. The highest BCUT2D eigenvalue weighted by Crippen LogP contribution is 2.68. The van der Waals surface area contributed by atoms with Gasteiger partial charge in [-0.1, -0.05) is 74.6 Å². The summed E-state index contributed by atoms with van der Waals surface area (Å²) in [5.41, 5.74) is 13.5. The van der Waals surface area contributed by atoms with Crippen LogP contribution in [0.15, 0.2) is 134 Å². The van der Waals surface area contributed by atoms with E-state index in [0.29, 0.717) is 81.3 Å². The van der Waals surface area contributed by atoms with Gasteiger partial charge in [0, 0.05) is 71.5 Å². The van der Waals surface area contributed by atoms with E-state index in [1.54, 1.807) is 25.1 Å². The Hall–Kier alpha value is -6.92. The van der Waals surface area contributed by atoms with Crippen molar-refractivity contribution in [1.82, 2.24) is 16.0 Å². The minimum absolute atomic E-state index is 0.0118. The van der Waals surface area contributed by atoms with Crippen LogP contribution in [0.3, 0.4) is 0 Å². The number of aryl methyl sites for hydroxylation is 1. The summed E-state index contributed by atoms with van der Waals surface area (Å²) in [7, 11) is 0. The van der Waals surface area contributed by atoms with Crippen molar-refractivity contribution in [3.63, 3.8) is 0 Å². The minimum Gasteiger partial charge on any atom is -0.508 e. The van der Waals surface area contributed by atoms with Crippen molar-refractivity contribution in [2.45, 2.75) is 177 Å². The van der Waals surface area contributed by atoms with Crippen LogP contribution < -0.4 is 31.8 Å². The number of nitrogens with one attached hydrogen (secondary N) is 3. The Morgan fingerprint density at radius 1 is 0.989 bits per heavy atom. The van der Waals surface area contributed by atoms with Crippen LogP contribution in [0.5, 0.6) is 17.2 Å². The van der Waals surface area contributed by atoms with E-state index in [4.69, 9.17) is 19.6 Å². The molecule has 6 heterocycles. The molecular weight excluding hydrogens is 1120 g/mol. The van der Waals surface area contributed by atoms with Gasteiger partial charge in [-0.15, -0.1) is 0 Å². The number of esters is 1. The van der Waals surface area contributed by atoms with Crippen LogP contribution in [0.2, 0.25) is 0 Å². The Morgan fingerprint density at radius 3 is 2.60 bits per heavy atom. The zero-order valence-electron chi connectivity index (χ0n) is 51.4. The number of carbonyl (C=O) groups excluding carboxylic acids is 1. The number of aliphatic hydroxyl groups is 5. The maximum absolute atomic E-state index is 16.2. The molecule has 0 radical (unpaired) electrons. The fourth-order valence-electron chi connectivity index (χ4n) is 19.9. The molecule has 16 heteroatoms. The molecule has 2 saturated carbocycles. The zero-order chi connectivity index (χ0) is 61.9. The number of rotatable bonds is 9. The number of hydrogen-bond acceptors (Lipinski definition) is 16. The zero-order valence-corrected chi connectivity index (χ0v) is 51.4. The molecule has 468 valence electrons. The van der Waals surface area contributed by atoms with Crippen LogP contribution in [0, 0.1) is 41.4 Å². The minimum atomic E-state index is -1.67. The van der Waals surface area contributed by atoms with Crippen LogP contribution in [0.25, 0.3) is 11.0 Å². The second-order valence-corrected chi connectivity index (χ2v) is 28.7. The molecule has 17 unspecified atom stereocenters. The van der Waals surface area contributed by atoms with Gasteiger partial charge >= 0.3 is 5.97 Å². The molecular formula is C73H84N4O12. The van der Waals surface area contributed by atoms with Gasteiger partial charge < -0.3 is 66.0 Å². The molecule has 12 aliphatic rings. The van der Waals surface area contributed by atoms with E-state index in [-0.39, 0.29) is 99.9 Å². The van der Waals surface area contributed by atoms with Gasteiger partial charge in [-0.25, -0.2) is 4.79 Å². The molecule has 0 saturated heterocycles. The molecule has 3 aromatic carbocycles. The number of nitrogens with two attached hydrogens (primary N) is 1. The highest BCUT2D eigenvalue weighted by atomic mass is 16.6. The molecule has 12 N–H and O–H groups in total. The quantitative estimate of drug-likeness (QED) is 0.0425. The maximum Gasteiger partial charge on any atom is 0.337 e. The second kappa shape index (κ2) is 21.3. The van der Waals surface area contributed by atoms with Crippen LogP contribution in [-0.4, -0.2) is 90.5 Å². The van der Waals surface area contributed by atoms with Crippen LogP contribution >= 0.6 is 0 Å². The highest BCUT2D eigenvalue weighted by Gasteiger charge is 2.65. The molecule has 0 amide bonds. The lowest BCUT2D eigenvalue weighted by molar-refractivity contribution is -0.172. The molecule has 16 rings (SSSR count). The monoisotopic (exact) mass is 1210 g/mol. The fraction of sp³-hybridized carbons (Fsp3) is 0.507. The number of phenols is 2. The van der Waals surface area contributed by atoms with Crippen molar-refractivity contribution < 1.29 is 54.4 Å². The molecule has 7 aliphatic carbocycles. The van der Waals surface area contributed by atoms with Gasteiger partial charge in [-0.05, 0) is 188 Å². The van der Waals surface area contributed by atoms with Gasteiger partial charge in [0.1, 0.15) is 69.9 Å². The third-order valence-electron chi connectivity index (χ3n) is 23.5. The predicted molar refractivity (Wildman–Crippen MR) is 335 cm³/mol. The van der Waals surface area contributed by atoms with Gasteiger partial charge in [0.2, 0.25) is 0 Å². The number of hydrogen-bond donors (Lipinski definition) is 11. The lowest BCUT2D eigenvalue weighted by Crippen LogP contribution is -2.59. The second-order valence-electron chi connectivity index (χ2n) is 28.7. The van der Waals surface area contributed by atoms with Crippen LogP contribution in [0.4, 0.5) is 0 Å². The number of allylic oxidation sites excluding steroid dienone is 7. The first kappa shape index (κ1) is 58.5. The Balaban J connectivity index is 0.915. The summed E-state index contributed by atoms with van der Waals surface area (Å²) in [6.45, 7) is 9.36. The third kappa shape index (κ3) is 8.80. The normalized spacial score (nSPS) is 35.6. The van der Waals surface area contributed by atoms with Crippen molar-refractivity contribution in [2.24, 2.45) is 47.2 Å². The van der Waals surface area contributed by atoms with E-state index in [0.717, 1.165) is 50.6 Å². The highest BCUT2D eigenvalue weighted by molar-refractivity contribution is 5.93. The number of fused-ring (bicyclic) bond motifs is 10. The van der Waals surface area contributed by atoms with Crippen LogP contribution in [-0.2, 0) is 34.4 Å². The average molecular weight is 1210 g/mol. The summed E-state index contributed by atoms with van der Waals surface area (Å²) in [6.07, 6.45) is 17.4. The van der Waals surface area contributed by atoms with Crippen molar-refractivity contribution >= 4 is 16.9 Å². The molecule has 1 aromatic heterocycles. The molecule has 17 atom stereocenters. The van der Waals surface area contributed by atoms with Crippen molar-refractivity contribution in [3.8, 4) is 17.2 Å². The van der Waals surface area contributed by atoms with Gasteiger partial charge in [-0.2, -0.15) is 0 Å². The third-order valence-corrected chi connectivity index (χ3v) is 23.5. The largest absolute Gasteiger partial charge is 0.508 e. The van der Waals surface area contributed by atoms with E-state index in [1.165, 1.54) is 5.57 Å². The van der Waals surface area contributed by atoms with Crippen molar-refractivity contribution in [1.29, 1.82) is 0 Å². The van der Waals surface area contributed by atoms with Crippen LogP contribution in [0.1, 0.15) is 161 Å². The van der Waals surface area contributed by atoms with E-state index < -0.39 is 89.0 Å². The van der Waals surface area contributed by atoms with Gasteiger partial charge in [-0.3, -0.25) is 10.1 Å². The predicted octanol–water partition coefficient (Wildman–Crippen LogP) is 8.67. The Bertz CT molecular complexity index is 3940. The Kier molecular flexibility index (Phi) is 14.0. The van der Waals surface area contributed by atoms with Gasteiger partial charge in [0.25, 0.3) is 0 Å². The number of ether oxygens (including phenoxy) is 2. The lowest BCUT2D eigenvalue weighted by atomic mass is 9.56. The Labute approximate surface area is 518 Å². The van der Waals surface area contributed by atoms with E-state index in [1.807, 2.05) is 25.1 Å². The topological polar surface area (TPSA) is 269 Å². The lowest BCUT2D eigenvalue weighted by Gasteiger charge is -2.52. The van der Waals surface area contributed by atoms with Gasteiger partial charge in [0.05, 0.1) is 24.4 Å². The smallest absolute Gasteiger partial charge is 0.337 e. The molecule has 4 aromatic rings. The number of dihydropyridines is 2. The summed E-state index contributed by atoms with van der Waals surface area (Å²) >= 11 is 0. The SMILES string of the molecule is CC=C(C(=O)OC1Cc2c3c(c4oc(CO)cc(=O)c4c2O)C2C4=CCNC(N)=C4C(CCc4ccc(O)cc4C2CO)C2CCC4=C5C=CC(C)NC5NC=C4CC2C1(C)O3)C1(O)CC2c3cccc4c3C3(C=CC2C1C3)CC(CC(O)CC(C)C)C4O. The van der Waals surface area contributed by atoms with Crippen molar-refractivity contribution in [3.05, 3.63) is 179 Å². The first-order valence-corrected chi connectivity index (χ1v) is 32.7. The van der Waals surface area contributed by atoms with Gasteiger partial charge in [0.15, 0.2) is 5.43 Å². The molecule has 89 heavy (non-hydrogen) atoms. The first-order chi connectivity index (χ1) is 42.8.